The Hall–Kier alpha value is -2.13. The van der Waals surface area contributed by atoms with Gasteiger partial charge in [-0.05, 0) is 18.2 Å². The summed E-state index contributed by atoms with van der Waals surface area (Å²) in [6.07, 6.45) is 5.25. The van der Waals surface area contributed by atoms with Crippen LogP contribution in [0.3, 0.4) is 0 Å². The highest BCUT2D eigenvalue weighted by atomic mass is 32.2. The van der Waals surface area contributed by atoms with E-state index in [1.807, 2.05) is 11.8 Å². The van der Waals surface area contributed by atoms with Crippen LogP contribution in [0.4, 0.5) is 11.4 Å². The molecule has 0 saturated carbocycles. The van der Waals surface area contributed by atoms with Crippen molar-refractivity contribution in [2.75, 3.05) is 57.6 Å². The number of rotatable bonds is 11. The summed E-state index contributed by atoms with van der Waals surface area (Å²) in [6, 6.07) is 17.3. The summed E-state index contributed by atoms with van der Waals surface area (Å²) in [5.74, 6) is 0. The maximum absolute atomic E-state index is 5.88. The van der Waals surface area contributed by atoms with Gasteiger partial charge in [0.1, 0.15) is 30.1 Å². The second-order valence-corrected chi connectivity index (χ2v) is 9.74. The van der Waals surface area contributed by atoms with Gasteiger partial charge in [0.2, 0.25) is 0 Å². The molecule has 4 aliphatic heterocycles. The van der Waals surface area contributed by atoms with E-state index in [4.69, 9.17) is 18.9 Å². The maximum Gasteiger partial charge on any atom is 0.143 e. The van der Waals surface area contributed by atoms with Crippen LogP contribution in [-0.4, -0.2) is 64.9 Å². The number of allylic oxidation sites excluding steroid dienone is 1. The van der Waals surface area contributed by atoms with Gasteiger partial charge < -0.3 is 23.8 Å². The molecule has 3 atom stereocenters. The van der Waals surface area contributed by atoms with E-state index in [0.29, 0.717) is 38.6 Å². The molecule has 0 radical (unpaired) electrons. The van der Waals surface area contributed by atoms with Gasteiger partial charge in [-0.15, -0.1) is 0 Å². The molecule has 2 aromatic carbocycles. The highest BCUT2D eigenvalue weighted by Crippen LogP contribution is 2.46. The zero-order valence-electron chi connectivity index (χ0n) is 18.6. The van der Waals surface area contributed by atoms with Gasteiger partial charge in [0, 0.05) is 35.2 Å². The lowest BCUT2D eigenvalue weighted by molar-refractivity contribution is -0.784. The minimum Gasteiger partial charge on any atom is -0.377 e. The number of thioether (sulfide) groups is 1. The van der Waals surface area contributed by atoms with E-state index in [-0.39, 0.29) is 0 Å². The van der Waals surface area contributed by atoms with Crippen LogP contribution in [0.5, 0.6) is 0 Å². The number of quaternary nitrogens is 1. The topological polar surface area (TPSA) is 51.2 Å². The fourth-order valence-corrected chi connectivity index (χ4v) is 5.47. The van der Waals surface area contributed by atoms with Crippen molar-refractivity contribution in [2.24, 2.45) is 0 Å². The number of para-hydroxylation sites is 2. The number of nitrogens with zero attached hydrogens (tertiary/aromatic N) is 1. The van der Waals surface area contributed by atoms with Gasteiger partial charge in [0.05, 0.1) is 50.4 Å². The third-order valence-electron chi connectivity index (χ3n) is 6.23. The first-order chi connectivity index (χ1) is 16.3. The largest absolute Gasteiger partial charge is 0.377 e. The van der Waals surface area contributed by atoms with Gasteiger partial charge in [0.15, 0.2) is 0 Å². The molecule has 6 nitrogen and oxygen atoms in total. The molecular formula is C26H29N2O4S+. The van der Waals surface area contributed by atoms with Gasteiger partial charge in [-0.25, -0.2) is 0 Å². The van der Waals surface area contributed by atoms with Crippen LogP contribution in [-0.2, 0) is 18.9 Å². The van der Waals surface area contributed by atoms with Crippen molar-refractivity contribution in [2.45, 2.75) is 17.1 Å². The summed E-state index contributed by atoms with van der Waals surface area (Å²) < 4.78 is 22.3. The molecule has 0 bridgehead atoms. The van der Waals surface area contributed by atoms with Crippen molar-refractivity contribution >= 4 is 29.2 Å². The van der Waals surface area contributed by atoms with Crippen molar-refractivity contribution in [3.8, 4) is 0 Å². The van der Waals surface area contributed by atoms with Crippen LogP contribution in [0.1, 0.15) is 5.56 Å². The van der Waals surface area contributed by atoms with E-state index >= 15 is 0 Å². The Bertz CT molecular complexity index is 1060. The maximum atomic E-state index is 5.88. The normalized spacial score (nSPS) is 25.8. The summed E-state index contributed by atoms with van der Waals surface area (Å²) in [5.41, 5.74) is 5.13. The molecule has 0 spiro atoms. The van der Waals surface area contributed by atoms with Gasteiger partial charge >= 0.3 is 0 Å². The highest BCUT2D eigenvalue weighted by molar-refractivity contribution is 8.03. The molecule has 1 N–H and O–H groups in total. The molecule has 0 aromatic heterocycles. The Morgan fingerprint density at radius 1 is 0.970 bits per heavy atom. The summed E-state index contributed by atoms with van der Waals surface area (Å²) in [7, 11) is 0. The highest BCUT2D eigenvalue weighted by Gasteiger charge is 2.31. The molecule has 2 saturated heterocycles. The smallest absolute Gasteiger partial charge is 0.143 e. The van der Waals surface area contributed by atoms with Gasteiger partial charge in [-0.3, -0.25) is 4.90 Å². The predicted octanol–water partition coefficient (Wildman–Crippen LogP) is 2.84. The quantitative estimate of drug-likeness (QED) is 0.407. The Labute approximate surface area is 198 Å². The molecule has 33 heavy (non-hydrogen) atoms. The molecule has 172 valence electrons. The molecule has 3 unspecified atom stereocenters. The monoisotopic (exact) mass is 465 g/mol. The van der Waals surface area contributed by atoms with E-state index in [2.05, 4.69) is 65.6 Å². The molecule has 2 fully saturated rings. The first-order valence-electron chi connectivity index (χ1n) is 11.7. The number of ether oxygens (including phenoxy) is 4. The second-order valence-electron chi connectivity index (χ2n) is 8.68. The Balaban J connectivity index is 1.20. The van der Waals surface area contributed by atoms with E-state index in [1.165, 1.54) is 37.5 Å². The third-order valence-corrected chi connectivity index (χ3v) is 7.34. The fraction of sp³-hybridized carbons (Fsp3) is 0.385. The number of hydrogen-bond acceptors (Lipinski definition) is 6. The van der Waals surface area contributed by atoms with Crippen LogP contribution in [0, 0.1) is 0 Å². The average molecular weight is 466 g/mol. The zero-order chi connectivity index (χ0) is 22.0. The van der Waals surface area contributed by atoms with E-state index in [9.17, 15) is 0 Å². The van der Waals surface area contributed by atoms with Crippen LogP contribution in [0.15, 0.2) is 70.2 Å². The van der Waals surface area contributed by atoms with Crippen LogP contribution < -0.4 is 9.80 Å². The number of fused-ring (bicyclic) bond motifs is 2. The number of epoxide rings is 2. The third kappa shape index (κ3) is 5.04. The average Bonchev–Trinajstić information content (AvgIpc) is 3.76. The summed E-state index contributed by atoms with van der Waals surface area (Å²) in [4.78, 5) is 5.03. The molecule has 0 aliphatic carbocycles. The Kier molecular flexibility index (Phi) is 6.24. The van der Waals surface area contributed by atoms with Crippen molar-refractivity contribution in [3.05, 3.63) is 70.9 Å². The molecule has 4 aliphatic rings. The summed E-state index contributed by atoms with van der Waals surface area (Å²) in [5, 5.41) is 1.24. The number of benzene rings is 2. The Morgan fingerprint density at radius 3 is 2.52 bits per heavy atom. The predicted molar refractivity (Wildman–Crippen MR) is 129 cm³/mol. The lowest BCUT2D eigenvalue weighted by atomic mass is 10.2. The standard InChI is InChI=1S/C26H28N2O4S/c1-2-6-23-19(5-1)13-20(27(23)9-11-29-15-21-17-31-21)14-26-28(10-12-30-16-22-18-32-22)24-7-3-4-8-25(24)33-26/h1-8,13-14,21-22H,9-12,15-18H2/p+1. The minimum atomic E-state index is 0.299. The second kappa shape index (κ2) is 9.62. The van der Waals surface area contributed by atoms with Crippen molar-refractivity contribution in [1.82, 2.24) is 0 Å². The van der Waals surface area contributed by atoms with Crippen molar-refractivity contribution in [3.63, 3.8) is 0 Å². The molecule has 4 heterocycles. The van der Waals surface area contributed by atoms with Gasteiger partial charge in [0.25, 0.3) is 0 Å². The van der Waals surface area contributed by atoms with Crippen LogP contribution in [0.25, 0.3) is 6.08 Å². The summed E-state index contributed by atoms with van der Waals surface area (Å²) in [6.45, 7) is 6.15. The fourth-order valence-electron chi connectivity index (χ4n) is 4.33. The molecular weight excluding hydrogens is 436 g/mol. The van der Waals surface area contributed by atoms with E-state index in [0.717, 1.165) is 26.3 Å². The number of nitrogens with one attached hydrogen (secondary N) is 1. The minimum absolute atomic E-state index is 0.299. The molecule has 2 aromatic rings. The first kappa shape index (κ1) is 21.4. The van der Waals surface area contributed by atoms with Gasteiger partial charge in [-0.2, -0.15) is 0 Å². The van der Waals surface area contributed by atoms with Crippen molar-refractivity contribution in [1.29, 1.82) is 0 Å². The first-order valence-corrected chi connectivity index (χ1v) is 12.5. The van der Waals surface area contributed by atoms with E-state index in [1.54, 1.807) is 0 Å². The summed E-state index contributed by atoms with van der Waals surface area (Å²) >= 11 is 1.83. The number of anilines is 1. The van der Waals surface area contributed by atoms with Gasteiger partial charge in [-0.1, -0.05) is 36.0 Å². The van der Waals surface area contributed by atoms with Crippen LogP contribution in [0.2, 0.25) is 0 Å². The molecule has 6 rings (SSSR count). The SMILES string of the molecule is C(=C1Sc2ccccc2N1CCOCC1CO1)C1=Cc2ccccc2[NH+]1CCOCC1CO1. The number of hydrogen-bond donors (Lipinski definition) is 1. The lowest BCUT2D eigenvalue weighted by Gasteiger charge is -2.21. The molecule has 7 heteroatoms. The van der Waals surface area contributed by atoms with Crippen LogP contribution >= 0.6 is 11.8 Å². The lowest BCUT2D eigenvalue weighted by Crippen LogP contribution is -3.04. The van der Waals surface area contributed by atoms with Crippen molar-refractivity contribution < 1.29 is 23.8 Å². The Morgan fingerprint density at radius 2 is 1.70 bits per heavy atom. The zero-order valence-corrected chi connectivity index (χ0v) is 19.4. The molecule has 0 amide bonds. The van der Waals surface area contributed by atoms with E-state index < -0.39 is 0 Å².